The molecule has 0 spiro atoms. The standard InChI is InChI=1S/C23H26N6O2/c1-3-19(4-2)29-20(30)12-16-14-25-23(28-21(16)29)27-18-9-7-17(8-10-18)26-22(31)15-6-5-11-24-13-15/h5-11,13-14,19-20,30H,3-4,12H2,1-2H3,(H,26,31)(H,25,27,28). The zero-order valence-corrected chi connectivity index (χ0v) is 17.6. The number of aromatic nitrogens is 3. The Hall–Kier alpha value is -3.52. The highest BCUT2D eigenvalue weighted by Gasteiger charge is 2.33. The van der Waals surface area contributed by atoms with Crippen LogP contribution in [0.4, 0.5) is 23.1 Å². The number of aliphatic hydroxyl groups is 1. The van der Waals surface area contributed by atoms with Crippen LogP contribution in [0.15, 0.2) is 55.0 Å². The Balaban J connectivity index is 1.46. The SMILES string of the molecule is CCC(CC)N1c2nc(Nc3ccc(NC(=O)c4cccnc4)cc3)ncc2CC1O. The van der Waals surface area contributed by atoms with Gasteiger partial charge in [-0.25, -0.2) is 4.98 Å². The molecule has 1 amide bonds. The number of hydrogen-bond donors (Lipinski definition) is 3. The fourth-order valence-corrected chi connectivity index (χ4v) is 3.83. The predicted octanol–water partition coefficient (Wildman–Crippen LogP) is 3.74. The van der Waals surface area contributed by atoms with Gasteiger partial charge in [-0.2, -0.15) is 4.98 Å². The third-order valence-electron chi connectivity index (χ3n) is 5.47. The van der Waals surface area contributed by atoms with Crippen LogP contribution in [-0.2, 0) is 6.42 Å². The van der Waals surface area contributed by atoms with Crippen LogP contribution >= 0.6 is 0 Å². The van der Waals surface area contributed by atoms with Crippen LogP contribution < -0.4 is 15.5 Å². The molecule has 31 heavy (non-hydrogen) atoms. The van der Waals surface area contributed by atoms with Crippen LogP contribution in [0, 0.1) is 0 Å². The second-order valence-electron chi connectivity index (χ2n) is 7.50. The number of carbonyl (C=O) groups is 1. The second kappa shape index (κ2) is 9.09. The van der Waals surface area contributed by atoms with Crippen molar-refractivity contribution in [1.29, 1.82) is 0 Å². The number of aliphatic hydroxyl groups excluding tert-OH is 1. The van der Waals surface area contributed by atoms with Gasteiger partial charge in [0.15, 0.2) is 0 Å². The summed E-state index contributed by atoms with van der Waals surface area (Å²) in [6.45, 7) is 4.24. The third kappa shape index (κ3) is 4.49. The number of rotatable bonds is 7. The molecule has 1 aromatic carbocycles. The molecular weight excluding hydrogens is 392 g/mol. The third-order valence-corrected chi connectivity index (χ3v) is 5.47. The molecule has 1 atom stereocenters. The van der Waals surface area contributed by atoms with Gasteiger partial charge in [-0.1, -0.05) is 13.8 Å². The first-order valence-corrected chi connectivity index (χ1v) is 10.5. The quantitative estimate of drug-likeness (QED) is 0.537. The highest BCUT2D eigenvalue weighted by Crippen LogP contribution is 2.33. The van der Waals surface area contributed by atoms with Crippen molar-refractivity contribution in [2.75, 3.05) is 15.5 Å². The summed E-state index contributed by atoms with van der Waals surface area (Å²) in [6, 6.07) is 11.0. The Morgan fingerprint density at radius 2 is 1.90 bits per heavy atom. The molecule has 1 aliphatic rings. The number of amides is 1. The summed E-state index contributed by atoms with van der Waals surface area (Å²) in [6.07, 6.45) is 6.78. The van der Waals surface area contributed by atoms with Crippen LogP contribution in [0.25, 0.3) is 0 Å². The summed E-state index contributed by atoms with van der Waals surface area (Å²) in [7, 11) is 0. The van der Waals surface area contributed by atoms with Crippen LogP contribution in [0.2, 0.25) is 0 Å². The smallest absolute Gasteiger partial charge is 0.257 e. The number of anilines is 4. The summed E-state index contributed by atoms with van der Waals surface area (Å²) in [4.78, 5) is 27.3. The fraction of sp³-hybridized carbons (Fsp3) is 0.304. The van der Waals surface area contributed by atoms with Crippen LogP contribution in [0.1, 0.15) is 42.6 Å². The molecule has 1 unspecified atom stereocenters. The molecule has 0 fully saturated rings. The maximum atomic E-state index is 12.2. The van der Waals surface area contributed by atoms with Crippen molar-refractivity contribution in [3.05, 3.63) is 66.1 Å². The largest absolute Gasteiger partial charge is 0.373 e. The molecule has 0 saturated heterocycles. The van der Waals surface area contributed by atoms with E-state index in [0.717, 1.165) is 29.9 Å². The van der Waals surface area contributed by atoms with Crippen molar-refractivity contribution in [3.8, 4) is 0 Å². The van der Waals surface area contributed by atoms with Gasteiger partial charge in [0.1, 0.15) is 12.0 Å². The van der Waals surface area contributed by atoms with Gasteiger partial charge in [-0.15, -0.1) is 0 Å². The molecule has 0 saturated carbocycles. The summed E-state index contributed by atoms with van der Waals surface area (Å²) < 4.78 is 0. The van der Waals surface area contributed by atoms with Gasteiger partial charge in [0.2, 0.25) is 5.95 Å². The molecule has 2 aromatic heterocycles. The zero-order valence-electron chi connectivity index (χ0n) is 17.6. The lowest BCUT2D eigenvalue weighted by atomic mass is 10.1. The molecule has 3 aromatic rings. The Kier molecular flexibility index (Phi) is 6.08. The molecule has 4 rings (SSSR count). The molecule has 3 heterocycles. The minimum atomic E-state index is -0.563. The minimum absolute atomic E-state index is 0.212. The van der Waals surface area contributed by atoms with Crippen molar-refractivity contribution in [2.45, 2.75) is 45.4 Å². The Labute approximate surface area is 181 Å². The highest BCUT2D eigenvalue weighted by atomic mass is 16.3. The number of carbonyl (C=O) groups excluding carboxylic acids is 1. The van der Waals surface area contributed by atoms with Gasteiger partial charge < -0.3 is 20.6 Å². The highest BCUT2D eigenvalue weighted by molar-refractivity contribution is 6.04. The second-order valence-corrected chi connectivity index (χ2v) is 7.50. The molecule has 3 N–H and O–H groups in total. The average Bonchev–Trinajstić information content (AvgIpc) is 3.12. The van der Waals surface area contributed by atoms with E-state index in [1.807, 2.05) is 29.2 Å². The number of pyridine rings is 1. The summed E-state index contributed by atoms with van der Waals surface area (Å²) in [5, 5.41) is 16.6. The van der Waals surface area contributed by atoms with Gasteiger partial charge >= 0.3 is 0 Å². The molecule has 8 heteroatoms. The van der Waals surface area contributed by atoms with E-state index < -0.39 is 6.23 Å². The molecule has 8 nitrogen and oxygen atoms in total. The first-order chi connectivity index (χ1) is 15.1. The van der Waals surface area contributed by atoms with E-state index in [2.05, 4.69) is 39.4 Å². The Morgan fingerprint density at radius 3 is 2.58 bits per heavy atom. The first kappa shape index (κ1) is 20.7. The molecule has 1 aliphatic heterocycles. The predicted molar refractivity (Wildman–Crippen MR) is 121 cm³/mol. The molecule has 0 radical (unpaired) electrons. The lowest BCUT2D eigenvalue weighted by Gasteiger charge is -2.31. The van der Waals surface area contributed by atoms with E-state index >= 15 is 0 Å². The average molecular weight is 419 g/mol. The monoisotopic (exact) mass is 418 g/mol. The first-order valence-electron chi connectivity index (χ1n) is 10.5. The van der Waals surface area contributed by atoms with Gasteiger partial charge in [-0.05, 0) is 49.2 Å². The lowest BCUT2D eigenvalue weighted by molar-refractivity contribution is 0.102. The summed E-state index contributed by atoms with van der Waals surface area (Å²) in [5.74, 6) is 1.05. The number of nitrogens with one attached hydrogen (secondary N) is 2. The van der Waals surface area contributed by atoms with Crippen molar-refractivity contribution >= 4 is 29.0 Å². The topological polar surface area (TPSA) is 103 Å². The van der Waals surface area contributed by atoms with Crippen LogP contribution in [0.5, 0.6) is 0 Å². The van der Waals surface area contributed by atoms with E-state index in [4.69, 9.17) is 0 Å². The number of fused-ring (bicyclic) bond motifs is 1. The van der Waals surface area contributed by atoms with Gasteiger partial charge in [0.05, 0.1) is 5.56 Å². The van der Waals surface area contributed by atoms with Crippen molar-refractivity contribution < 1.29 is 9.90 Å². The van der Waals surface area contributed by atoms with Gasteiger partial charge in [0.25, 0.3) is 5.91 Å². The lowest BCUT2D eigenvalue weighted by Crippen LogP contribution is -2.40. The van der Waals surface area contributed by atoms with Crippen LogP contribution in [0.3, 0.4) is 0 Å². The molecule has 0 bridgehead atoms. The van der Waals surface area contributed by atoms with Gasteiger partial charge in [0, 0.05) is 48.0 Å². The maximum Gasteiger partial charge on any atom is 0.257 e. The Morgan fingerprint density at radius 1 is 1.16 bits per heavy atom. The Bertz CT molecular complexity index is 1040. The summed E-state index contributed by atoms with van der Waals surface area (Å²) in [5.41, 5.74) is 2.93. The van der Waals surface area contributed by atoms with Crippen molar-refractivity contribution in [1.82, 2.24) is 15.0 Å². The minimum Gasteiger partial charge on any atom is -0.373 e. The number of benzene rings is 1. The number of nitrogens with zero attached hydrogens (tertiary/aromatic N) is 4. The summed E-state index contributed by atoms with van der Waals surface area (Å²) >= 11 is 0. The van der Waals surface area contributed by atoms with E-state index in [-0.39, 0.29) is 11.9 Å². The van der Waals surface area contributed by atoms with E-state index in [9.17, 15) is 9.90 Å². The van der Waals surface area contributed by atoms with E-state index in [1.54, 1.807) is 24.5 Å². The maximum absolute atomic E-state index is 12.2. The normalized spacial score (nSPS) is 15.1. The molecule has 0 aliphatic carbocycles. The fourth-order valence-electron chi connectivity index (χ4n) is 3.83. The van der Waals surface area contributed by atoms with Gasteiger partial charge in [-0.3, -0.25) is 9.78 Å². The van der Waals surface area contributed by atoms with Crippen LogP contribution in [-0.4, -0.2) is 38.2 Å². The molecular formula is C23H26N6O2. The van der Waals surface area contributed by atoms with E-state index in [0.29, 0.717) is 23.6 Å². The molecule has 160 valence electrons. The zero-order chi connectivity index (χ0) is 21.8. The van der Waals surface area contributed by atoms with E-state index in [1.165, 1.54) is 6.20 Å². The van der Waals surface area contributed by atoms with Crippen molar-refractivity contribution in [2.24, 2.45) is 0 Å². The number of hydrogen-bond acceptors (Lipinski definition) is 7. The van der Waals surface area contributed by atoms with Crippen molar-refractivity contribution in [3.63, 3.8) is 0 Å².